The second-order valence-electron chi connectivity index (χ2n) is 12.2. The monoisotopic (exact) mass is 543 g/mol. The quantitative estimate of drug-likeness (QED) is 0.313. The van der Waals surface area contributed by atoms with Crippen LogP contribution in [0.5, 0.6) is 0 Å². The minimum atomic E-state index is -1.77. The van der Waals surface area contributed by atoms with Crippen molar-refractivity contribution in [3.63, 3.8) is 0 Å². The topological polar surface area (TPSA) is 147 Å². The fraction of sp³-hybridized carbons (Fsp3) is 0.893. The molecule has 0 aromatic heterocycles. The Morgan fingerprint density at radius 1 is 1.18 bits per heavy atom. The molecule has 38 heavy (non-hydrogen) atoms. The average Bonchev–Trinajstić information content (AvgIpc) is 3.18. The van der Waals surface area contributed by atoms with Crippen molar-refractivity contribution < 1.29 is 44.2 Å². The van der Waals surface area contributed by atoms with Gasteiger partial charge in [-0.25, -0.2) is 0 Å². The van der Waals surface area contributed by atoms with E-state index in [4.69, 9.17) is 18.9 Å². The molecule has 2 saturated heterocycles. The van der Waals surface area contributed by atoms with Gasteiger partial charge in [0.05, 0.1) is 30.1 Å². The van der Waals surface area contributed by atoms with Crippen LogP contribution in [0.15, 0.2) is 11.3 Å². The number of nitrogens with one attached hydrogen (secondary N) is 1. The van der Waals surface area contributed by atoms with Crippen molar-refractivity contribution in [1.29, 1.82) is 0 Å². The Morgan fingerprint density at radius 2 is 1.82 bits per heavy atom. The summed E-state index contributed by atoms with van der Waals surface area (Å²) in [6.07, 6.45) is -5.00. The Hall–Kier alpha value is -1.27. The van der Waals surface area contributed by atoms with E-state index in [1.54, 1.807) is 34.7 Å². The summed E-state index contributed by atoms with van der Waals surface area (Å²) in [5.41, 5.74) is -1.85. The van der Waals surface area contributed by atoms with Gasteiger partial charge < -0.3 is 44.7 Å². The van der Waals surface area contributed by atoms with Crippen LogP contribution in [-0.4, -0.2) is 93.6 Å². The molecule has 13 atom stereocenters. The van der Waals surface area contributed by atoms with Crippen molar-refractivity contribution in [3.8, 4) is 0 Å². The molecule has 0 aliphatic carbocycles. The molecule has 220 valence electrons. The number of aliphatic hydroxyl groups is 4. The normalized spacial score (nSPS) is 45.0. The molecule has 10 heteroatoms. The Kier molecular flexibility index (Phi) is 9.61. The Labute approximate surface area is 226 Å². The molecule has 0 saturated carbocycles. The second-order valence-corrected chi connectivity index (χ2v) is 12.2. The van der Waals surface area contributed by atoms with Crippen molar-refractivity contribution in [1.82, 2.24) is 5.32 Å². The maximum Gasteiger partial charge on any atom is 0.311 e. The number of hydrogen-bond donors (Lipinski definition) is 5. The fourth-order valence-electron chi connectivity index (χ4n) is 6.52. The van der Waals surface area contributed by atoms with E-state index in [9.17, 15) is 25.2 Å². The first kappa shape index (κ1) is 31.3. The van der Waals surface area contributed by atoms with Crippen LogP contribution in [0.3, 0.4) is 0 Å². The first-order valence-corrected chi connectivity index (χ1v) is 13.9. The van der Waals surface area contributed by atoms with Crippen LogP contribution < -0.4 is 5.32 Å². The molecule has 0 radical (unpaired) electrons. The molecular weight excluding hydrogens is 494 g/mol. The number of rotatable bonds is 6. The van der Waals surface area contributed by atoms with Crippen molar-refractivity contribution in [2.45, 2.75) is 135 Å². The lowest BCUT2D eigenvalue weighted by Gasteiger charge is -2.45. The fourth-order valence-corrected chi connectivity index (χ4v) is 6.52. The average molecular weight is 544 g/mol. The van der Waals surface area contributed by atoms with Gasteiger partial charge in [-0.15, -0.1) is 0 Å². The highest BCUT2D eigenvalue weighted by atomic mass is 16.7. The van der Waals surface area contributed by atoms with Crippen LogP contribution in [0.1, 0.15) is 74.7 Å². The van der Waals surface area contributed by atoms with Crippen LogP contribution in [0.25, 0.3) is 0 Å². The van der Waals surface area contributed by atoms with E-state index in [1.165, 1.54) is 6.92 Å². The summed E-state index contributed by atoms with van der Waals surface area (Å²) in [5.74, 6) is -2.32. The largest absolute Gasteiger partial charge is 0.488 e. The summed E-state index contributed by atoms with van der Waals surface area (Å²) in [4.78, 5) is 13.3. The van der Waals surface area contributed by atoms with Gasteiger partial charge in [-0.3, -0.25) is 4.79 Å². The predicted octanol–water partition coefficient (Wildman–Crippen LogP) is 1.62. The summed E-state index contributed by atoms with van der Waals surface area (Å²) in [6.45, 7) is 14.1. The smallest absolute Gasteiger partial charge is 0.311 e. The van der Waals surface area contributed by atoms with Gasteiger partial charge in [0.15, 0.2) is 6.29 Å². The van der Waals surface area contributed by atoms with Gasteiger partial charge in [0.1, 0.15) is 35.3 Å². The number of carbonyl (C=O) groups excluding carboxylic acids is 1. The lowest BCUT2D eigenvalue weighted by atomic mass is 9.79. The number of aliphatic hydroxyl groups excluding tert-OH is 3. The van der Waals surface area contributed by atoms with Gasteiger partial charge in [-0.2, -0.15) is 0 Å². The number of likely N-dealkylation sites (N-methyl/N-ethyl adjacent to an activating group) is 1. The Balaban J connectivity index is 2.05. The summed E-state index contributed by atoms with van der Waals surface area (Å²) in [7, 11) is 1.78. The molecule has 0 amide bonds. The molecule has 0 aromatic rings. The van der Waals surface area contributed by atoms with E-state index in [2.05, 4.69) is 5.32 Å². The van der Waals surface area contributed by atoms with Crippen molar-refractivity contribution in [2.24, 2.45) is 17.8 Å². The number of ether oxygens (including phenoxy) is 4. The van der Waals surface area contributed by atoms with E-state index in [0.717, 1.165) is 5.57 Å². The number of carbonyl (C=O) groups is 1. The highest BCUT2D eigenvalue weighted by molar-refractivity contribution is 5.73. The molecule has 3 rings (SSSR count). The van der Waals surface area contributed by atoms with Gasteiger partial charge in [0.2, 0.25) is 0 Å². The summed E-state index contributed by atoms with van der Waals surface area (Å²) >= 11 is 0. The van der Waals surface area contributed by atoms with Crippen LogP contribution in [0.2, 0.25) is 0 Å². The molecule has 2 bridgehead atoms. The van der Waals surface area contributed by atoms with Crippen LogP contribution in [0, 0.1) is 17.8 Å². The third-order valence-electron chi connectivity index (χ3n) is 8.93. The first-order valence-electron chi connectivity index (χ1n) is 13.9. The SMILES string of the molecule is CC[C@@H](O)[C@@](C)(O)[C@@H]1OC(=O)[C@H](C)[C@@H](O)[C@H](C)[C@@H](O[C@@H]2OC(C)CC(NC)C2O)C2(C)CC(C)=C(O2)[C@@H]1C. The van der Waals surface area contributed by atoms with Crippen molar-refractivity contribution >= 4 is 5.97 Å². The lowest BCUT2D eigenvalue weighted by Crippen LogP contribution is -2.58. The van der Waals surface area contributed by atoms with Gasteiger partial charge in [-0.1, -0.05) is 20.8 Å². The van der Waals surface area contributed by atoms with E-state index < -0.39 is 71.7 Å². The zero-order valence-electron chi connectivity index (χ0n) is 24.3. The summed E-state index contributed by atoms with van der Waals surface area (Å²) in [6, 6.07) is -0.235. The van der Waals surface area contributed by atoms with E-state index in [0.29, 0.717) is 18.6 Å². The number of hydrogen-bond acceptors (Lipinski definition) is 10. The maximum absolute atomic E-state index is 13.3. The van der Waals surface area contributed by atoms with E-state index in [-0.39, 0.29) is 18.6 Å². The van der Waals surface area contributed by atoms with Gasteiger partial charge in [0.25, 0.3) is 0 Å². The highest BCUT2D eigenvalue weighted by Gasteiger charge is 2.55. The van der Waals surface area contributed by atoms with E-state index >= 15 is 0 Å². The highest BCUT2D eigenvalue weighted by Crippen LogP contribution is 2.47. The van der Waals surface area contributed by atoms with Crippen LogP contribution >= 0.6 is 0 Å². The molecule has 3 aliphatic rings. The van der Waals surface area contributed by atoms with Crippen molar-refractivity contribution in [3.05, 3.63) is 11.3 Å². The first-order chi connectivity index (χ1) is 17.6. The third kappa shape index (κ3) is 5.77. The molecular formula is C28H49NO9. The maximum atomic E-state index is 13.3. The molecule has 0 aromatic carbocycles. The molecule has 3 aliphatic heterocycles. The number of fused-ring (bicyclic) bond motifs is 2. The Morgan fingerprint density at radius 3 is 2.39 bits per heavy atom. The minimum absolute atomic E-state index is 0.168. The van der Waals surface area contributed by atoms with Crippen LogP contribution in [-0.2, 0) is 23.7 Å². The summed E-state index contributed by atoms with van der Waals surface area (Å²) in [5, 5.41) is 47.5. The minimum Gasteiger partial charge on any atom is -0.488 e. The van der Waals surface area contributed by atoms with Gasteiger partial charge in [-0.05, 0) is 60.1 Å². The second kappa shape index (κ2) is 11.7. The molecule has 2 fully saturated rings. The Bertz CT molecular complexity index is 878. The van der Waals surface area contributed by atoms with Crippen LogP contribution in [0.4, 0.5) is 0 Å². The third-order valence-corrected chi connectivity index (χ3v) is 8.93. The number of esters is 1. The van der Waals surface area contributed by atoms with Gasteiger partial charge >= 0.3 is 5.97 Å². The molecule has 0 spiro atoms. The summed E-state index contributed by atoms with van der Waals surface area (Å²) < 4.78 is 25.0. The lowest BCUT2D eigenvalue weighted by molar-refractivity contribution is -0.292. The predicted molar refractivity (Wildman–Crippen MR) is 140 cm³/mol. The molecule has 5 N–H and O–H groups in total. The van der Waals surface area contributed by atoms with Crippen molar-refractivity contribution in [2.75, 3.05) is 7.05 Å². The molecule has 3 heterocycles. The standard InChI is InChI=1S/C28H49NO9/c1-10-19(30)28(8,34)24-17(6)22-13(2)12-27(7,38-22)23(15(4)20(31)16(5)25(33)36-24)37-26-21(32)18(29-9)11-14(3)35-26/h14-21,23-24,26,29-32,34H,10-12H2,1-9H3/t14?,15-,16+,17-,18?,19+,20-,21?,23+,24+,26-,27?,28+/m0/s1. The number of cyclic esters (lactones) is 1. The zero-order valence-corrected chi connectivity index (χ0v) is 24.3. The zero-order chi connectivity index (χ0) is 28.7. The van der Waals surface area contributed by atoms with E-state index in [1.807, 2.05) is 20.8 Å². The molecule has 4 unspecified atom stereocenters. The van der Waals surface area contributed by atoms with Gasteiger partial charge in [0, 0.05) is 18.4 Å². The molecule has 10 nitrogen and oxygen atoms in total.